The number of methoxy groups -OCH3 is 1. The number of hydrogen-bond acceptors (Lipinski definition) is 6. The second-order valence-corrected chi connectivity index (χ2v) is 5.87. The van der Waals surface area contributed by atoms with Gasteiger partial charge in [-0.25, -0.2) is 0 Å². The summed E-state index contributed by atoms with van der Waals surface area (Å²) < 4.78 is 12.9. The van der Waals surface area contributed by atoms with E-state index >= 15 is 0 Å². The maximum Gasteiger partial charge on any atom is 0.227 e. The third-order valence-corrected chi connectivity index (χ3v) is 4.13. The lowest BCUT2D eigenvalue weighted by atomic mass is 10.3. The SMILES string of the molecule is C=CCn1c(SCC(N)=O)nnc1[C@H](C)Oc1ccc(OC)cc1. The van der Waals surface area contributed by atoms with Crippen molar-refractivity contribution in [1.82, 2.24) is 14.8 Å². The lowest BCUT2D eigenvalue weighted by molar-refractivity contribution is -0.115. The molecule has 0 bridgehead atoms. The zero-order valence-corrected chi connectivity index (χ0v) is 14.5. The number of nitrogens with zero attached hydrogens (tertiary/aromatic N) is 3. The minimum atomic E-state index is -0.405. The molecular weight excluding hydrogens is 328 g/mol. The van der Waals surface area contributed by atoms with Crippen LogP contribution in [0.1, 0.15) is 18.9 Å². The Balaban J connectivity index is 2.16. The number of thioether (sulfide) groups is 1. The molecular formula is C16H20N4O3S. The minimum absolute atomic E-state index is 0.142. The molecule has 0 aliphatic carbocycles. The fourth-order valence-corrected chi connectivity index (χ4v) is 2.75. The van der Waals surface area contributed by atoms with E-state index in [2.05, 4.69) is 16.8 Å². The summed E-state index contributed by atoms with van der Waals surface area (Å²) in [4.78, 5) is 11.0. The normalized spacial score (nSPS) is 11.8. The summed E-state index contributed by atoms with van der Waals surface area (Å²) in [6, 6.07) is 7.30. The van der Waals surface area contributed by atoms with Gasteiger partial charge in [-0.2, -0.15) is 0 Å². The highest BCUT2D eigenvalue weighted by atomic mass is 32.2. The van der Waals surface area contributed by atoms with Gasteiger partial charge >= 0.3 is 0 Å². The van der Waals surface area contributed by atoms with Gasteiger partial charge < -0.3 is 15.2 Å². The monoisotopic (exact) mass is 348 g/mol. The molecule has 1 amide bonds. The highest BCUT2D eigenvalue weighted by Gasteiger charge is 2.19. The van der Waals surface area contributed by atoms with Crippen molar-refractivity contribution in [3.63, 3.8) is 0 Å². The molecule has 2 rings (SSSR count). The van der Waals surface area contributed by atoms with Crippen LogP contribution in [0.4, 0.5) is 0 Å². The Morgan fingerprint density at radius 2 is 2.04 bits per heavy atom. The quantitative estimate of drug-likeness (QED) is 0.552. The fourth-order valence-electron chi connectivity index (χ4n) is 2.06. The molecule has 2 N–H and O–H groups in total. The summed E-state index contributed by atoms with van der Waals surface area (Å²) in [6.45, 7) is 6.14. The van der Waals surface area contributed by atoms with E-state index in [9.17, 15) is 4.79 Å². The predicted molar refractivity (Wildman–Crippen MR) is 92.2 cm³/mol. The lowest BCUT2D eigenvalue weighted by Gasteiger charge is -2.15. The fraction of sp³-hybridized carbons (Fsp3) is 0.312. The molecule has 0 unspecified atom stereocenters. The van der Waals surface area contributed by atoms with Crippen LogP contribution in [0.15, 0.2) is 42.1 Å². The molecule has 0 fully saturated rings. The second-order valence-electron chi connectivity index (χ2n) is 4.93. The van der Waals surface area contributed by atoms with Crippen molar-refractivity contribution in [2.24, 2.45) is 5.73 Å². The minimum Gasteiger partial charge on any atom is -0.497 e. The number of rotatable bonds is 9. The molecule has 1 aromatic heterocycles. The Bertz CT molecular complexity index is 700. The smallest absolute Gasteiger partial charge is 0.227 e. The van der Waals surface area contributed by atoms with Crippen LogP contribution in [0, 0.1) is 0 Å². The number of allylic oxidation sites excluding steroid dienone is 1. The number of amides is 1. The van der Waals surface area contributed by atoms with Crippen molar-refractivity contribution in [3.8, 4) is 11.5 Å². The molecule has 2 aromatic rings. The van der Waals surface area contributed by atoms with Gasteiger partial charge in [-0.1, -0.05) is 17.8 Å². The first-order valence-electron chi connectivity index (χ1n) is 7.31. The van der Waals surface area contributed by atoms with Crippen molar-refractivity contribution >= 4 is 17.7 Å². The van der Waals surface area contributed by atoms with Crippen molar-refractivity contribution < 1.29 is 14.3 Å². The summed E-state index contributed by atoms with van der Waals surface area (Å²) >= 11 is 1.24. The molecule has 24 heavy (non-hydrogen) atoms. The van der Waals surface area contributed by atoms with Gasteiger partial charge in [-0.05, 0) is 31.2 Å². The Hall–Kier alpha value is -2.48. The van der Waals surface area contributed by atoms with Gasteiger partial charge in [0.25, 0.3) is 0 Å². The number of ether oxygens (including phenoxy) is 2. The first-order chi connectivity index (χ1) is 11.5. The van der Waals surface area contributed by atoms with Gasteiger partial charge in [0.15, 0.2) is 17.1 Å². The summed E-state index contributed by atoms with van der Waals surface area (Å²) in [5.74, 6) is 1.84. The van der Waals surface area contributed by atoms with Crippen LogP contribution in [0.3, 0.4) is 0 Å². The molecule has 0 aliphatic rings. The van der Waals surface area contributed by atoms with E-state index in [0.29, 0.717) is 23.3 Å². The Kier molecular flexibility index (Phi) is 6.25. The van der Waals surface area contributed by atoms with Crippen LogP contribution < -0.4 is 15.2 Å². The molecule has 0 aliphatic heterocycles. The van der Waals surface area contributed by atoms with E-state index in [1.165, 1.54) is 11.8 Å². The van der Waals surface area contributed by atoms with E-state index in [1.54, 1.807) is 13.2 Å². The van der Waals surface area contributed by atoms with Gasteiger partial charge in [-0.3, -0.25) is 9.36 Å². The number of carbonyl (C=O) groups is 1. The largest absolute Gasteiger partial charge is 0.497 e. The Labute approximate surface area is 144 Å². The van der Waals surface area contributed by atoms with E-state index in [-0.39, 0.29) is 11.9 Å². The first kappa shape index (κ1) is 17.9. The summed E-state index contributed by atoms with van der Waals surface area (Å²) in [5, 5.41) is 8.91. The zero-order valence-electron chi connectivity index (χ0n) is 13.6. The van der Waals surface area contributed by atoms with Crippen LogP contribution >= 0.6 is 11.8 Å². The third kappa shape index (κ3) is 4.51. The highest BCUT2D eigenvalue weighted by molar-refractivity contribution is 7.99. The van der Waals surface area contributed by atoms with Crippen LogP contribution in [-0.2, 0) is 11.3 Å². The van der Waals surface area contributed by atoms with Crippen LogP contribution in [-0.4, -0.2) is 33.5 Å². The second kappa shape index (κ2) is 8.39. The van der Waals surface area contributed by atoms with Crippen molar-refractivity contribution in [2.75, 3.05) is 12.9 Å². The van der Waals surface area contributed by atoms with Crippen molar-refractivity contribution in [1.29, 1.82) is 0 Å². The molecule has 1 atom stereocenters. The van der Waals surface area contributed by atoms with Crippen molar-refractivity contribution in [3.05, 3.63) is 42.7 Å². The van der Waals surface area contributed by atoms with Gasteiger partial charge in [0.2, 0.25) is 5.91 Å². The summed E-state index contributed by atoms with van der Waals surface area (Å²) in [7, 11) is 1.61. The molecule has 0 saturated carbocycles. The van der Waals surface area contributed by atoms with Gasteiger partial charge in [0.05, 0.1) is 12.9 Å². The highest BCUT2D eigenvalue weighted by Crippen LogP contribution is 2.25. The number of hydrogen-bond donors (Lipinski definition) is 1. The molecule has 0 saturated heterocycles. The topological polar surface area (TPSA) is 92.3 Å². The number of nitrogens with two attached hydrogens (primary N) is 1. The molecule has 128 valence electrons. The zero-order chi connectivity index (χ0) is 17.5. The van der Waals surface area contributed by atoms with Gasteiger partial charge in [-0.15, -0.1) is 16.8 Å². The maximum atomic E-state index is 11.0. The number of primary amides is 1. The number of benzene rings is 1. The van der Waals surface area contributed by atoms with E-state index in [1.807, 2.05) is 35.8 Å². The molecule has 7 nitrogen and oxygen atoms in total. The average Bonchev–Trinajstić information content (AvgIpc) is 2.97. The standard InChI is InChI=1S/C16H20N4O3S/c1-4-9-20-15(18-19-16(20)24-10-14(17)21)11(2)23-13-7-5-12(22-3)6-8-13/h4-8,11H,1,9-10H2,2-3H3,(H2,17,21)/t11-/m0/s1. The van der Waals surface area contributed by atoms with E-state index < -0.39 is 5.91 Å². The van der Waals surface area contributed by atoms with E-state index in [4.69, 9.17) is 15.2 Å². The van der Waals surface area contributed by atoms with Crippen LogP contribution in [0.25, 0.3) is 0 Å². The maximum absolute atomic E-state index is 11.0. The molecule has 1 heterocycles. The predicted octanol–water partition coefficient (Wildman–Crippen LogP) is 2.19. The Morgan fingerprint density at radius 1 is 1.38 bits per heavy atom. The van der Waals surface area contributed by atoms with Gasteiger partial charge in [0, 0.05) is 6.54 Å². The summed E-state index contributed by atoms with van der Waals surface area (Å²) in [6.07, 6.45) is 1.41. The third-order valence-electron chi connectivity index (χ3n) is 3.14. The van der Waals surface area contributed by atoms with E-state index in [0.717, 1.165) is 5.75 Å². The molecule has 1 aromatic carbocycles. The van der Waals surface area contributed by atoms with Gasteiger partial charge in [0.1, 0.15) is 11.5 Å². The average molecular weight is 348 g/mol. The van der Waals surface area contributed by atoms with Crippen LogP contribution in [0.5, 0.6) is 11.5 Å². The number of aromatic nitrogens is 3. The molecule has 0 radical (unpaired) electrons. The Morgan fingerprint density at radius 3 is 2.62 bits per heavy atom. The lowest BCUT2D eigenvalue weighted by Crippen LogP contribution is -2.15. The first-order valence-corrected chi connectivity index (χ1v) is 8.29. The summed E-state index contributed by atoms with van der Waals surface area (Å²) in [5.41, 5.74) is 5.18. The van der Waals surface area contributed by atoms with Crippen molar-refractivity contribution in [2.45, 2.75) is 24.7 Å². The number of carbonyl (C=O) groups excluding carboxylic acids is 1. The molecule has 0 spiro atoms. The molecule has 8 heteroatoms. The van der Waals surface area contributed by atoms with Crippen LogP contribution in [0.2, 0.25) is 0 Å².